The van der Waals surface area contributed by atoms with E-state index in [1.807, 2.05) is 31.2 Å². The van der Waals surface area contributed by atoms with Crippen LogP contribution in [0.25, 0.3) is 0 Å². The summed E-state index contributed by atoms with van der Waals surface area (Å²) in [5.41, 5.74) is 2.25. The Kier molecular flexibility index (Phi) is 3.87. The van der Waals surface area contributed by atoms with E-state index in [2.05, 4.69) is 10.6 Å². The molecule has 0 radical (unpaired) electrons. The molecule has 4 nitrogen and oxygen atoms in total. The van der Waals surface area contributed by atoms with Gasteiger partial charge in [0.1, 0.15) is 0 Å². The van der Waals surface area contributed by atoms with Crippen molar-refractivity contribution in [3.8, 4) is 0 Å². The molecular formula is C14H20N2O2. The van der Waals surface area contributed by atoms with Gasteiger partial charge in [-0.2, -0.15) is 0 Å². The molecule has 1 saturated carbocycles. The third-order valence-corrected chi connectivity index (χ3v) is 3.49. The number of aliphatic hydroxyl groups is 1. The Morgan fingerprint density at radius 2 is 1.94 bits per heavy atom. The molecule has 0 spiro atoms. The van der Waals surface area contributed by atoms with Crippen molar-refractivity contribution in [2.24, 2.45) is 5.41 Å². The molecule has 0 aromatic heterocycles. The van der Waals surface area contributed by atoms with Crippen molar-refractivity contribution in [3.63, 3.8) is 0 Å². The van der Waals surface area contributed by atoms with Crippen LogP contribution in [-0.4, -0.2) is 24.3 Å². The number of nitrogens with one attached hydrogen (secondary N) is 2. The number of rotatable bonds is 5. The largest absolute Gasteiger partial charge is 0.396 e. The minimum Gasteiger partial charge on any atom is -0.396 e. The third-order valence-electron chi connectivity index (χ3n) is 3.49. The average Bonchev–Trinajstić information content (AvgIpc) is 3.16. The lowest BCUT2D eigenvalue weighted by molar-refractivity contribution is 0.203. The zero-order valence-corrected chi connectivity index (χ0v) is 10.7. The standard InChI is InChI=1S/C14H20N2O2/c1-11-2-4-12(5-3-11)8-15-13(18)16-9-14(10-17)6-7-14/h2-5,17H,6-10H2,1H3,(H2,15,16,18). The molecule has 1 aromatic carbocycles. The van der Waals surface area contributed by atoms with E-state index in [-0.39, 0.29) is 18.1 Å². The summed E-state index contributed by atoms with van der Waals surface area (Å²) in [5, 5.41) is 14.8. The van der Waals surface area contributed by atoms with Crippen LogP contribution in [0.1, 0.15) is 24.0 Å². The highest BCUT2D eigenvalue weighted by Crippen LogP contribution is 2.44. The fraction of sp³-hybridized carbons (Fsp3) is 0.500. The van der Waals surface area contributed by atoms with Crippen LogP contribution in [0.5, 0.6) is 0 Å². The van der Waals surface area contributed by atoms with Gasteiger partial charge in [0.2, 0.25) is 0 Å². The van der Waals surface area contributed by atoms with Crippen molar-refractivity contribution in [1.82, 2.24) is 10.6 Å². The molecule has 0 aliphatic heterocycles. The van der Waals surface area contributed by atoms with Gasteiger partial charge in [-0.25, -0.2) is 4.79 Å². The van der Waals surface area contributed by atoms with Crippen molar-refractivity contribution in [1.29, 1.82) is 0 Å². The van der Waals surface area contributed by atoms with Crippen LogP contribution in [0.3, 0.4) is 0 Å². The minimum absolute atomic E-state index is 0.0405. The number of hydrogen-bond acceptors (Lipinski definition) is 2. The van der Waals surface area contributed by atoms with Gasteiger partial charge < -0.3 is 15.7 Å². The molecular weight excluding hydrogens is 228 g/mol. The van der Waals surface area contributed by atoms with Crippen molar-refractivity contribution in [3.05, 3.63) is 35.4 Å². The first-order valence-electron chi connectivity index (χ1n) is 6.32. The predicted octanol–water partition coefficient (Wildman–Crippen LogP) is 1.57. The molecule has 1 aliphatic carbocycles. The lowest BCUT2D eigenvalue weighted by atomic mass is 10.1. The van der Waals surface area contributed by atoms with Crippen molar-refractivity contribution >= 4 is 6.03 Å². The molecule has 0 saturated heterocycles. The first-order chi connectivity index (χ1) is 8.63. The maximum absolute atomic E-state index is 11.6. The van der Waals surface area contributed by atoms with E-state index in [9.17, 15) is 4.79 Å². The first kappa shape index (κ1) is 12.9. The number of carbonyl (C=O) groups excluding carboxylic acids is 1. The maximum atomic E-state index is 11.6. The van der Waals surface area contributed by atoms with Crippen LogP contribution in [-0.2, 0) is 6.54 Å². The summed E-state index contributed by atoms with van der Waals surface area (Å²) in [6, 6.07) is 7.90. The zero-order valence-electron chi connectivity index (χ0n) is 10.7. The highest BCUT2D eigenvalue weighted by Gasteiger charge is 2.41. The van der Waals surface area contributed by atoms with Gasteiger partial charge in [0.15, 0.2) is 0 Å². The summed E-state index contributed by atoms with van der Waals surface area (Å²) in [6.45, 7) is 3.28. The van der Waals surface area contributed by atoms with Gasteiger partial charge in [-0.1, -0.05) is 29.8 Å². The van der Waals surface area contributed by atoms with E-state index in [0.717, 1.165) is 18.4 Å². The van der Waals surface area contributed by atoms with Crippen LogP contribution in [0.15, 0.2) is 24.3 Å². The molecule has 1 fully saturated rings. The molecule has 2 rings (SSSR count). The number of aryl methyl sites for hydroxylation is 1. The molecule has 2 amide bonds. The second-order valence-corrected chi connectivity index (χ2v) is 5.18. The Bertz CT molecular complexity index is 410. The summed E-state index contributed by atoms with van der Waals surface area (Å²) < 4.78 is 0. The normalized spacial score (nSPS) is 16.1. The summed E-state index contributed by atoms with van der Waals surface area (Å²) in [4.78, 5) is 11.6. The van der Waals surface area contributed by atoms with Gasteiger partial charge in [-0.15, -0.1) is 0 Å². The number of amides is 2. The van der Waals surface area contributed by atoms with Gasteiger partial charge in [0.25, 0.3) is 0 Å². The Hall–Kier alpha value is -1.55. The Balaban J connectivity index is 1.70. The molecule has 1 aromatic rings. The SMILES string of the molecule is Cc1ccc(CNC(=O)NCC2(CO)CC2)cc1. The lowest BCUT2D eigenvalue weighted by Crippen LogP contribution is -2.39. The van der Waals surface area contributed by atoms with Crippen LogP contribution in [0, 0.1) is 12.3 Å². The molecule has 0 unspecified atom stereocenters. The predicted molar refractivity (Wildman–Crippen MR) is 70.2 cm³/mol. The molecule has 0 atom stereocenters. The third kappa shape index (κ3) is 3.47. The molecule has 0 heterocycles. The lowest BCUT2D eigenvalue weighted by Gasteiger charge is -2.13. The fourth-order valence-corrected chi connectivity index (χ4v) is 1.79. The van der Waals surface area contributed by atoms with E-state index in [4.69, 9.17) is 5.11 Å². The second-order valence-electron chi connectivity index (χ2n) is 5.18. The van der Waals surface area contributed by atoms with Gasteiger partial charge in [0, 0.05) is 18.5 Å². The van der Waals surface area contributed by atoms with E-state index < -0.39 is 0 Å². The Morgan fingerprint density at radius 3 is 2.50 bits per heavy atom. The highest BCUT2D eigenvalue weighted by atomic mass is 16.3. The molecule has 3 N–H and O–H groups in total. The first-order valence-corrected chi connectivity index (χ1v) is 6.32. The topological polar surface area (TPSA) is 61.4 Å². The van der Waals surface area contributed by atoms with Crippen LogP contribution >= 0.6 is 0 Å². The van der Waals surface area contributed by atoms with Crippen LogP contribution < -0.4 is 10.6 Å². The number of aliphatic hydroxyl groups excluding tert-OH is 1. The van der Waals surface area contributed by atoms with E-state index >= 15 is 0 Å². The smallest absolute Gasteiger partial charge is 0.315 e. The fourth-order valence-electron chi connectivity index (χ4n) is 1.79. The quantitative estimate of drug-likeness (QED) is 0.740. The van der Waals surface area contributed by atoms with Crippen LogP contribution in [0.2, 0.25) is 0 Å². The molecule has 0 bridgehead atoms. The van der Waals surface area contributed by atoms with Crippen molar-refractivity contribution < 1.29 is 9.90 Å². The average molecular weight is 248 g/mol. The Morgan fingerprint density at radius 1 is 1.28 bits per heavy atom. The zero-order chi connectivity index (χ0) is 13.0. The number of carbonyl (C=O) groups is 1. The second kappa shape index (κ2) is 5.40. The summed E-state index contributed by atoms with van der Waals surface area (Å²) in [5.74, 6) is 0. The molecule has 1 aliphatic rings. The maximum Gasteiger partial charge on any atom is 0.315 e. The number of urea groups is 1. The Labute approximate surface area is 107 Å². The number of hydrogen-bond donors (Lipinski definition) is 3. The summed E-state index contributed by atoms with van der Waals surface area (Å²) in [7, 11) is 0. The summed E-state index contributed by atoms with van der Waals surface area (Å²) in [6.07, 6.45) is 2.00. The summed E-state index contributed by atoms with van der Waals surface area (Å²) >= 11 is 0. The van der Waals surface area contributed by atoms with Crippen molar-refractivity contribution in [2.75, 3.05) is 13.2 Å². The van der Waals surface area contributed by atoms with Gasteiger partial charge in [-0.05, 0) is 25.3 Å². The van der Waals surface area contributed by atoms with E-state index in [0.29, 0.717) is 13.1 Å². The van der Waals surface area contributed by atoms with Crippen molar-refractivity contribution in [2.45, 2.75) is 26.3 Å². The molecule has 4 heteroatoms. The number of benzene rings is 1. The van der Waals surface area contributed by atoms with E-state index in [1.54, 1.807) is 0 Å². The van der Waals surface area contributed by atoms with Gasteiger partial charge >= 0.3 is 6.03 Å². The molecule has 98 valence electrons. The highest BCUT2D eigenvalue weighted by molar-refractivity contribution is 5.73. The minimum atomic E-state index is -0.171. The van der Waals surface area contributed by atoms with Gasteiger partial charge in [-0.3, -0.25) is 0 Å². The van der Waals surface area contributed by atoms with Crippen LogP contribution in [0.4, 0.5) is 4.79 Å². The van der Waals surface area contributed by atoms with E-state index in [1.165, 1.54) is 5.56 Å². The monoisotopic (exact) mass is 248 g/mol. The molecule has 18 heavy (non-hydrogen) atoms. The van der Waals surface area contributed by atoms with Gasteiger partial charge in [0.05, 0.1) is 6.61 Å².